The zero-order chi connectivity index (χ0) is 13.7. The Kier molecular flexibility index (Phi) is 5.81. The minimum atomic E-state index is -0.210. The predicted octanol–water partition coefficient (Wildman–Crippen LogP) is 1.88. The minimum absolute atomic E-state index is 0.210. The first-order chi connectivity index (χ1) is 8.49. The first kappa shape index (κ1) is 15.2. The van der Waals surface area contributed by atoms with Crippen molar-refractivity contribution in [1.29, 1.82) is 0 Å². The molecule has 0 saturated heterocycles. The Morgan fingerprint density at radius 2 is 2.22 bits per heavy atom. The van der Waals surface area contributed by atoms with Crippen LogP contribution in [0.3, 0.4) is 0 Å². The fourth-order valence-corrected chi connectivity index (χ4v) is 2.30. The lowest BCUT2D eigenvalue weighted by Crippen LogP contribution is -2.31. The summed E-state index contributed by atoms with van der Waals surface area (Å²) in [6, 6.07) is 0. The molecule has 6 heteroatoms. The highest BCUT2D eigenvalue weighted by Gasteiger charge is 2.16. The summed E-state index contributed by atoms with van der Waals surface area (Å²) in [5, 5.41) is 4.35. The quantitative estimate of drug-likeness (QED) is 0.752. The number of hydrogen-bond acceptors (Lipinski definition) is 4. The van der Waals surface area contributed by atoms with Gasteiger partial charge in [-0.2, -0.15) is 5.10 Å². The van der Waals surface area contributed by atoms with Gasteiger partial charge in [0, 0.05) is 13.6 Å². The van der Waals surface area contributed by atoms with E-state index in [4.69, 9.17) is 4.74 Å². The molecule has 0 aromatic carbocycles. The number of aromatic nitrogens is 2. The van der Waals surface area contributed by atoms with Gasteiger partial charge >= 0.3 is 5.97 Å². The number of esters is 1. The highest BCUT2D eigenvalue weighted by atomic mass is 79.9. The molecule has 0 aliphatic rings. The van der Waals surface area contributed by atoms with Gasteiger partial charge in [0.05, 0.1) is 29.5 Å². The molecule has 0 saturated carbocycles. The number of ether oxygens (including phenoxy) is 1. The molecular weight excluding hydrogens is 298 g/mol. The van der Waals surface area contributed by atoms with Gasteiger partial charge in [0.1, 0.15) is 0 Å². The van der Waals surface area contributed by atoms with Gasteiger partial charge < -0.3 is 4.74 Å². The van der Waals surface area contributed by atoms with Crippen LogP contribution in [0.25, 0.3) is 0 Å². The molecule has 102 valence electrons. The highest BCUT2D eigenvalue weighted by molar-refractivity contribution is 9.10. The van der Waals surface area contributed by atoms with E-state index in [0.29, 0.717) is 13.1 Å². The summed E-state index contributed by atoms with van der Waals surface area (Å²) in [7, 11) is 3.33. The van der Waals surface area contributed by atoms with Crippen LogP contribution < -0.4 is 0 Å². The van der Waals surface area contributed by atoms with Crippen LogP contribution in [0.1, 0.15) is 24.7 Å². The molecule has 5 nitrogen and oxygen atoms in total. The molecule has 0 atom stereocenters. The first-order valence-electron chi connectivity index (χ1n) is 5.96. The van der Waals surface area contributed by atoms with Crippen LogP contribution in [-0.2, 0) is 23.1 Å². The van der Waals surface area contributed by atoms with Crippen molar-refractivity contribution in [3.05, 3.63) is 15.9 Å². The van der Waals surface area contributed by atoms with Crippen LogP contribution in [0.2, 0.25) is 0 Å². The van der Waals surface area contributed by atoms with E-state index < -0.39 is 0 Å². The Balaban J connectivity index is 2.79. The lowest BCUT2D eigenvalue weighted by atomic mass is 10.3. The van der Waals surface area contributed by atoms with Crippen molar-refractivity contribution in [1.82, 2.24) is 14.7 Å². The van der Waals surface area contributed by atoms with Gasteiger partial charge in [0.2, 0.25) is 0 Å². The first-order valence-corrected chi connectivity index (χ1v) is 6.76. The van der Waals surface area contributed by atoms with Crippen molar-refractivity contribution in [2.24, 2.45) is 7.05 Å². The lowest BCUT2D eigenvalue weighted by molar-refractivity contribution is -0.142. The summed E-state index contributed by atoms with van der Waals surface area (Å²) in [5.74, 6) is -0.210. The fraction of sp³-hybridized carbons (Fsp3) is 0.667. The Hall–Kier alpha value is -0.880. The topological polar surface area (TPSA) is 47.4 Å². The molecule has 1 heterocycles. The summed E-state index contributed by atoms with van der Waals surface area (Å²) >= 11 is 3.54. The number of methoxy groups -OCH3 is 1. The zero-order valence-corrected chi connectivity index (χ0v) is 13.0. The molecule has 1 aromatic heterocycles. The second-order valence-electron chi connectivity index (χ2n) is 4.26. The zero-order valence-electron chi connectivity index (χ0n) is 11.4. The normalized spacial score (nSPS) is 11.0. The molecule has 0 spiro atoms. The number of halogens is 1. The molecule has 18 heavy (non-hydrogen) atoms. The predicted molar refractivity (Wildman–Crippen MR) is 73.2 cm³/mol. The van der Waals surface area contributed by atoms with Crippen LogP contribution >= 0.6 is 15.9 Å². The maximum atomic E-state index is 11.4. The largest absolute Gasteiger partial charge is 0.468 e. The van der Waals surface area contributed by atoms with Crippen LogP contribution in [0, 0.1) is 6.92 Å². The third-order valence-corrected chi connectivity index (χ3v) is 3.79. The van der Waals surface area contributed by atoms with Gasteiger partial charge in [-0.3, -0.25) is 14.4 Å². The second kappa shape index (κ2) is 6.89. The maximum absolute atomic E-state index is 11.4. The number of carbonyl (C=O) groups excluding carboxylic acids is 1. The molecule has 0 radical (unpaired) electrons. The molecular formula is C12H20BrN3O2. The molecule has 0 unspecified atom stereocenters. The van der Waals surface area contributed by atoms with Gasteiger partial charge in [-0.25, -0.2) is 0 Å². The summed E-state index contributed by atoms with van der Waals surface area (Å²) in [6.45, 7) is 5.89. The molecule has 0 aliphatic heterocycles. The molecule has 1 aromatic rings. The highest BCUT2D eigenvalue weighted by Crippen LogP contribution is 2.21. The average Bonchev–Trinajstić information content (AvgIpc) is 2.56. The molecule has 0 bridgehead atoms. The summed E-state index contributed by atoms with van der Waals surface area (Å²) in [6.07, 6.45) is 0.992. The van der Waals surface area contributed by atoms with E-state index in [1.165, 1.54) is 7.11 Å². The van der Waals surface area contributed by atoms with Gasteiger partial charge in [-0.15, -0.1) is 0 Å². The fourth-order valence-electron chi connectivity index (χ4n) is 1.84. The van der Waals surface area contributed by atoms with E-state index in [0.717, 1.165) is 28.8 Å². The summed E-state index contributed by atoms with van der Waals surface area (Å²) < 4.78 is 7.57. The minimum Gasteiger partial charge on any atom is -0.468 e. The summed E-state index contributed by atoms with van der Waals surface area (Å²) in [5.41, 5.74) is 2.03. The lowest BCUT2D eigenvalue weighted by Gasteiger charge is -2.20. The molecule has 0 aliphatic carbocycles. The molecule has 0 amide bonds. The van der Waals surface area contributed by atoms with Crippen molar-refractivity contribution in [2.75, 3.05) is 20.2 Å². The number of nitrogens with zero attached hydrogens (tertiary/aromatic N) is 3. The van der Waals surface area contributed by atoms with E-state index in [1.807, 2.05) is 18.7 Å². The van der Waals surface area contributed by atoms with Crippen molar-refractivity contribution in [3.63, 3.8) is 0 Å². The van der Waals surface area contributed by atoms with E-state index in [9.17, 15) is 4.79 Å². The van der Waals surface area contributed by atoms with E-state index in [-0.39, 0.29) is 5.97 Å². The number of rotatable bonds is 6. The van der Waals surface area contributed by atoms with Crippen molar-refractivity contribution >= 4 is 21.9 Å². The average molecular weight is 318 g/mol. The van der Waals surface area contributed by atoms with Crippen molar-refractivity contribution in [2.45, 2.75) is 26.8 Å². The molecule has 0 fully saturated rings. The van der Waals surface area contributed by atoms with Gasteiger partial charge in [-0.05, 0) is 35.8 Å². The van der Waals surface area contributed by atoms with Crippen LogP contribution in [0.5, 0.6) is 0 Å². The van der Waals surface area contributed by atoms with Crippen LogP contribution in [0.15, 0.2) is 4.47 Å². The van der Waals surface area contributed by atoms with Crippen LogP contribution in [0.4, 0.5) is 0 Å². The second-order valence-corrected chi connectivity index (χ2v) is 5.05. The van der Waals surface area contributed by atoms with Crippen LogP contribution in [-0.4, -0.2) is 40.8 Å². The number of carbonyl (C=O) groups is 1. The van der Waals surface area contributed by atoms with Gasteiger partial charge in [-0.1, -0.05) is 6.92 Å². The van der Waals surface area contributed by atoms with Gasteiger partial charge in [0.15, 0.2) is 0 Å². The Labute approximate surface area is 116 Å². The van der Waals surface area contributed by atoms with Gasteiger partial charge in [0.25, 0.3) is 0 Å². The Morgan fingerprint density at radius 3 is 2.67 bits per heavy atom. The maximum Gasteiger partial charge on any atom is 0.319 e. The number of hydrogen-bond donors (Lipinski definition) is 0. The smallest absolute Gasteiger partial charge is 0.319 e. The Morgan fingerprint density at radius 1 is 1.56 bits per heavy atom. The Bertz CT molecular complexity index is 418. The molecule has 1 rings (SSSR count). The third-order valence-electron chi connectivity index (χ3n) is 2.76. The van der Waals surface area contributed by atoms with E-state index >= 15 is 0 Å². The summed E-state index contributed by atoms with van der Waals surface area (Å²) in [4.78, 5) is 13.4. The molecule has 0 N–H and O–H groups in total. The van der Waals surface area contributed by atoms with Crippen molar-refractivity contribution < 1.29 is 9.53 Å². The number of aryl methyl sites for hydroxylation is 2. The van der Waals surface area contributed by atoms with Crippen molar-refractivity contribution in [3.8, 4) is 0 Å². The third kappa shape index (κ3) is 3.81. The monoisotopic (exact) mass is 317 g/mol. The van der Waals surface area contributed by atoms with E-state index in [1.54, 1.807) is 0 Å². The van der Waals surface area contributed by atoms with E-state index in [2.05, 4.69) is 32.9 Å². The standard InChI is InChI=1S/C12H20BrN3O2/c1-5-6-16(8-11(17)18-4)7-10-12(13)9(2)14-15(10)3/h5-8H2,1-4H3. The SMILES string of the molecule is CCCN(CC(=O)OC)Cc1c(Br)c(C)nn1C.